The Morgan fingerprint density at radius 1 is 1.33 bits per heavy atom. The molecule has 0 bridgehead atoms. The Kier molecular flexibility index (Phi) is 3.37. The molecule has 1 fully saturated rings. The third-order valence-corrected chi connectivity index (χ3v) is 4.89. The number of aromatic nitrogens is 2. The van der Waals surface area contributed by atoms with E-state index in [0.717, 1.165) is 10.5 Å². The molecule has 9 heteroatoms. The minimum absolute atomic E-state index is 0.0204. The van der Waals surface area contributed by atoms with Gasteiger partial charge in [0.1, 0.15) is 4.90 Å². The molecule has 2 heterocycles. The fraction of sp³-hybridized carbons (Fsp3) is 0.667. The molecule has 0 atom stereocenters. The quantitative estimate of drug-likeness (QED) is 0.891. The van der Waals surface area contributed by atoms with Crippen LogP contribution in [0, 0.1) is 5.92 Å². The number of H-pyrrole nitrogens is 1. The van der Waals surface area contributed by atoms with Gasteiger partial charge in [-0.2, -0.15) is 22.6 Å². The smallest absolute Gasteiger partial charge is 0.284 e. The molecule has 0 aromatic carbocycles. The van der Waals surface area contributed by atoms with E-state index >= 15 is 0 Å². The molecule has 18 heavy (non-hydrogen) atoms. The molecule has 0 amide bonds. The highest BCUT2D eigenvalue weighted by atomic mass is 32.2. The molecule has 1 N–H and O–H groups in total. The fourth-order valence-corrected chi connectivity index (χ4v) is 3.33. The van der Waals surface area contributed by atoms with E-state index in [9.17, 15) is 21.6 Å². The Morgan fingerprint density at radius 3 is 2.39 bits per heavy atom. The van der Waals surface area contributed by atoms with E-state index in [0.29, 0.717) is 0 Å². The number of alkyl halides is 3. The largest absolute Gasteiger partial charge is 0.391 e. The van der Waals surface area contributed by atoms with Crippen LogP contribution < -0.4 is 0 Å². The standard InChI is InChI=1S/C9H12F3N3O2S/c10-9(11,12)7-1-3-15(4-2-7)18(16,17)8-5-13-14-6-8/h5-7H,1-4H2,(H,13,14). The van der Waals surface area contributed by atoms with Gasteiger partial charge in [-0.15, -0.1) is 0 Å². The number of rotatable bonds is 2. The van der Waals surface area contributed by atoms with E-state index in [2.05, 4.69) is 10.2 Å². The topological polar surface area (TPSA) is 66.1 Å². The second-order valence-corrected chi connectivity index (χ2v) is 6.09. The van der Waals surface area contributed by atoms with Gasteiger partial charge in [-0.3, -0.25) is 5.10 Å². The van der Waals surface area contributed by atoms with Gasteiger partial charge in [-0.1, -0.05) is 0 Å². The summed E-state index contributed by atoms with van der Waals surface area (Å²) in [7, 11) is -3.72. The molecule has 5 nitrogen and oxygen atoms in total. The van der Waals surface area contributed by atoms with Gasteiger partial charge < -0.3 is 0 Å². The van der Waals surface area contributed by atoms with Crippen molar-refractivity contribution in [1.29, 1.82) is 0 Å². The molecule has 0 unspecified atom stereocenters. The number of nitrogens with zero attached hydrogens (tertiary/aromatic N) is 2. The first-order valence-electron chi connectivity index (χ1n) is 5.37. The summed E-state index contributed by atoms with van der Waals surface area (Å²) in [5, 5.41) is 5.90. The van der Waals surface area contributed by atoms with Crippen LogP contribution in [0.4, 0.5) is 13.2 Å². The monoisotopic (exact) mass is 283 g/mol. The van der Waals surface area contributed by atoms with Gasteiger partial charge in [-0.25, -0.2) is 8.42 Å². The van der Waals surface area contributed by atoms with Crippen LogP contribution >= 0.6 is 0 Å². The molecule has 1 aromatic heterocycles. The lowest BCUT2D eigenvalue weighted by Crippen LogP contribution is -2.41. The van der Waals surface area contributed by atoms with Crippen molar-refractivity contribution >= 4 is 10.0 Å². The molecule has 1 aromatic rings. The molecule has 0 radical (unpaired) electrons. The third-order valence-electron chi connectivity index (χ3n) is 3.03. The van der Waals surface area contributed by atoms with Crippen LogP contribution in [-0.4, -0.2) is 42.2 Å². The van der Waals surface area contributed by atoms with Crippen LogP contribution in [0.1, 0.15) is 12.8 Å². The summed E-state index contributed by atoms with van der Waals surface area (Å²) in [6.07, 6.45) is -2.27. The summed E-state index contributed by atoms with van der Waals surface area (Å²) in [6, 6.07) is 0. The lowest BCUT2D eigenvalue weighted by Gasteiger charge is -2.31. The number of aromatic amines is 1. The molecule has 1 aliphatic rings. The Hall–Kier alpha value is -1.09. The van der Waals surface area contributed by atoms with Crippen LogP contribution in [0.3, 0.4) is 0 Å². The minimum Gasteiger partial charge on any atom is -0.284 e. The lowest BCUT2D eigenvalue weighted by molar-refractivity contribution is -0.182. The normalized spacial score (nSPS) is 20.2. The number of sulfonamides is 1. The highest BCUT2D eigenvalue weighted by Crippen LogP contribution is 2.35. The van der Waals surface area contributed by atoms with Gasteiger partial charge >= 0.3 is 6.18 Å². The molecule has 102 valence electrons. The first-order valence-corrected chi connectivity index (χ1v) is 6.81. The number of hydrogen-bond acceptors (Lipinski definition) is 3. The van der Waals surface area contributed by atoms with E-state index in [4.69, 9.17) is 0 Å². The van der Waals surface area contributed by atoms with Crippen molar-refractivity contribution in [2.45, 2.75) is 23.9 Å². The first kappa shape index (κ1) is 13.3. The van der Waals surface area contributed by atoms with Crippen molar-refractivity contribution in [2.75, 3.05) is 13.1 Å². The number of hydrogen-bond donors (Lipinski definition) is 1. The molecule has 0 saturated carbocycles. The van der Waals surface area contributed by atoms with Crippen molar-refractivity contribution in [1.82, 2.24) is 14.5 Å². The lowest BCUT2D eigenvalue weighted by atomic mass is 9.98. The SMILES string of the molecule is O=S(=O)(c1cn[nH]c1)N1CCC(C(F)(F)F)CC1. The summed E-state index contributed by atoms with van der Waals surface area (Å²) in [5.74, 6) is -1.41. The van der Waals surface area contributed by atoms with E-state index in [1.807, 2.05) is 0 Å². The zero-order valence-electron chi connectivity index (χ0n) is 9.31. The third kappa shape index (κ3) is 2.51. The maximum atomic E-state index is 12.5. The highest BCUT2D eigenvalue weighted by Gasteiger charge is 2.43. The zero-order valence-corrected chi connectivity index (χ0v) is 10.1. The van der Waals surface area contributed by atoms with Gasteiger partial charge in [0.05, 0.1) is 12.1 Å². The van der Waals surface area contributed by atoms with Crippen molar-refractivity contribution in [3.63, 3.8) is 0 Å². The zero-order chi connectivity index (χ0) is 13.4. The van der Waals surface area contributed by atoms with Crippen LogP contribution in [0.15, 0.2) is 17.3 Å². The van der Waals surface area contributed by atoms with E-state index in [-0.39, 0.29) is 30.8 Å². The minimum atomic E-state index is -4.24. The number of piperidine rings is 1. The molecular weight excluding hydrogens is 271 g/mol. The van der Waals surface area contributed by atoms with E-state index in [1.165, 1.54) is 6.20 Å². The first-order chi connectivity index (χ1) is 8.32. The number of halogens is 3. The average molecular weight is 283 g/mol. The van der Waals surface area contributed by atoms with Gasteiger partial charge in [0, 0.05) is 19.3 Å². The van der Waals surface area contributed by atoms with Crippen LogP contribution in [-0.2, 0) is 10.0 Å². The van der Waals surface area contributed by atoms with Gasteiger partial charge in [0.25, 0.3) is 0 Å². The Labute approximate surface area is 102 Å². The summed E-state index contributed by atoms with van der Waals surface area (Å²) >= 11 is 0. The average Bonchev–Trinajstić information content (AvgIpc) is 2.82. The van der Waals surface area contributed by atoms with Gasteiger partial charge in [0.15, 0.2) is 0 Å². The maximum Gasteiger partial charge on any atom is 0.391 e. The Morgan fingerprint density at radius 2 is 1.94 bits per heavy atom. The second-order valence-electron chi connectivity index (χ2n) is 4.15. The highest BCUT2D eigenvalue weighted by molar-refractivity contribution is 7.89. The predicted octanol–water partition coefficient (Wildman–Crippen LogP) is 1.37. The molecule has 1 aliphatic heterocycles. The van der Waals surface area contributed by atoms with Crippen molar-refractivity contribution < 1.29 is 21.6 Å². The maximum absolute atomic E-state index is 12.5. The Bertz CT molecular complexity index is 490. The van der Waals surface area contributed by atoms with Crippen molar-refractivity contribution in [3.8, 4) is 0 Å². The molecule has 2 rings (SSSR count). The second kappa shape index (κ2) is 4.54. The predicted molar refractivity (Wildman–Crippen MR) is 56.1 cm³/mol. The van der Waals surface area contributed by atoms with Crippen LogP contribution in [0.25, 0.3) is 0 Å². The van der Waals surface area contributed by atoms with Crippen molar-refractivity contribution in [3.05, 3.63) is 12.4 Å². The van der Waals surface area contributed by atoms with Crippen LogP contribution in [0.2, 0.25) is 0 Å². The fourth-order valence-electron chi connectivity index (χ4n) is 1.95. The molecule has 0 aliphatic carbocycles. The van der Waals surface area contributed by atoms with E-state index in [1.54, 1.807) is 0 Å². The van der Waals surface area contributed by atoms with Crippen molar-refractivity contribution in [2.24, 2.45) is 5.92 Å². The molecule has 1 saturated heterocycles. The van der Waals surface area contributed by atoms with E-state index < -0.39 is 22.1 Å². The van der Waals surface area contributed by atoms with Gasteiger partial charge in [-0.05, 0) is 12.8 Å². The van der Waals surface area contributed by atoms with Crippen LogP contribution in [0.5, 0.6) is 0 Å². The number of nitrogens with one attached hydrogen (secondary N) is 1. The summed E-state index contributed by atoms with van der Waals surface area (Å²) in [4.78, 5) is -0.0204. The molecule has 0 spiro atoms. The summed E-state index contributed by atoms with van der Waals surface area (Å²) in [6.45, 7) is -0.227. The summed E-state index contributed by atoms with van der Waals surface area (Å²) in [5.41, 5.74) is 0. The Balaban J connectivity index is 2.07. The molecular formula is C9H12F3N3O2S. The van der Waals surface area contributed by atoms with Gasteiger partial charge in [0.2, 0.25) is 10.0 Å². The summed E-state index contributed by atoms with van der Waals surface area (Å²) < 4.78 is 62.4.